The quantitative estimate of drug-likeness (QED) is 0.523. The maximum atomic E-state index is 4.41. The second kappa shape index (κ2) is 2.77. The first-order valence-electron chi connectivity index (χ1n) is 3.14. The van der Waals surface area contributed by atoms with Crippen molar-refractivity contribution in [1.29, 1.82) is 0 Å². The van der Waals surface area contributed by atoms with E-state index in [0.29, 0.717) is 5.65 Å². The lowest BCUT2D eigenvalue weighted by molar-refractivity contribution is 1.17. The van der Waals surface area contributed by atoms with Gasteiger partial charge in [-0.1, -0.05) is 0 Å². The molecule has 0 aliphatic rings. The Bertz CT molecular complexity index is 456. The highest BCUT2D eigenvalue weighted by atomic mass is 32.1. The van der Waals surface area contributed by atoms with Crippen molar-refractivity contribution >= 4 is 34.5 Å². The Kier molecular flexibility index (Phi) is 1.62. The van der Waals surface area contributed by atoms with Gasteiger partial charge < -0.3 is 4.98 Å². The van der Waals surface area contributed by atoms with E-state index in [4.69, 9.17) is 0 Å². The molecular formula is C6H3N5S. The molecule has 12 heavy (non-hydrogen) atoms. The highest BCUT2D eigenvalue weighted by molar-refractivity contribution is 7.78. The van der Waals surface area contributed by atoms with Crippen LogP contribution >= 0.6 is 12.2 Å². The van der Waals surface area contributed by atoms with Crippen LogP contribution in [0.25, 0.3) is 11.2 Å². The van der Waals surface area contributed by atoms with Gasteiger partial charge >= 0.3 is 0 Å². The first kappa shape index (κ1) is 7.02. The fourth-order valence-electron chi connectivity index (χ4n) is 0.822. The van der Waals surface area contributed by atoms with E-state index >= 15 is 0 Å². The lowest BCUT2D eigenvalue weighted by Gasteiger charge is -1.87. The van der Waals surface area contributed by atoms with Crippen molar-refractivity contribution in [3.63, 3.8) is 0 Å². The maximum Gasteiger partial charge on any atom is 0.260 e. The van der Waals surface area contributed by atoms with Crippen LogP contribution < -0.4 is 0 Å². The maximum absolute atomic E-state index is 4.41. The van der Waals surface area contributed by atoms with Gasteiger partial charge in [-0.15, -0.1) is 0 Å². The third kappa shape index (κ3) is 1.09. The summed E-state index contributed by atoms with van der Waals surface area (Å²) in [6, 6.07) is 0. The first-order valence-corrected chi connectivity index (χ1v) is 3.55. The van der Waals surface area contributed by atoms with Gasteiger partial charge in [-0.2, -0.15) is 9.98 Å². The molecule has 2 aromatic rings. The molecule has 0 aromatic carbocycles. The van der Waals surface area contributed by atoms with E-state index in [1.54, 1.807) is 12.5 Å². The number of imidazole rings is 1. The molecule has 2 rings (SSSR count). The van der Waals surface area contributed by atoms with Crippen molar-refractivity contribution in [3.8, 4) is 0 Å². The molecule has 0 unspecified atom stereocenters. The van der Waals surface area contributed by atoms with Crippen LogP contribution in [0.2, 0.25) is 0 Å². The Balaban J connectivity index is 2.67. The van der Waals surface area contributed by atoms with Gasteiger partial charge in [0.15, 0.2) is 5.65 Å². The van der Waals surface area contributed by atoms with Gasteiger partial charge in [0, 0.05) is 0 Å². The standard InChI is InChI=1S/C6H3N5S/c12-3-10-6-7-1-4-5(11-6)9-2-8-4/h1-2H,(H,7,8,9,11). The molecule has 0 aliphatic heterocycles. The molecule has 0 aliphatic carbocycles. The minimum atomic E-state index is 0.282. The van der Waals surface area contributed by atoms with E-state index in [9.17, 15) is 0 Å². The molecule has 0 fully saturated rings. The van der Waals surface area contributed by atoms with Crippen LogP contribution in [0.5, 0.6) is 0 Å². The molecule has 5 nitrogen and oxygen atoms in total. The number of aliphatic imine (C=N–C) groups is 1. The molecule has 0 radical (unpaired) electrons. The van der Waals surface area contributed by atoms with Crippen LogP contribution in [0.4, 0.5) is 5.95 Å². The number of hydrogen-bond donors (Lipinski definition) is 1. The average Bonchev–Trinajstić information content (AvgIpc) is 2.51. The number of fused-ring (bicyclic) bond motifs is 1. The number of aromatic nitrogens is 4. The molecule has 0 atom stereocenters. The highest BCUT2D eigenvalue weighted by Crippen LogP contribution is 2.08. The smallest absolute Gasteiger partial charge is 0.260 e. The van der Waals surface area contributed by atoms with Crippen molar-refractivity contribution in [2.24, 2.45) is 4.99 Å². The number of hydrogen-bond acceptors (Lipinski definition) is 5. The second-order valence-electron chi connectivity index (χ2n) is 2.01. The van der Waals surface area contributed by atoms with E-state index in [1.165, 1.54) is 0 Å². The molecular weight excluding hydrogens is 174 g/mol. The molecule has 0 bridgehead atoms. The van der Waals surface area contributed by atoms with Crippen LogP contribution in [-0.4, -0.2) is 25.1 Å². The van der Waals surface area contributed by atoms with Crippen molar-refractivity contribution < 1.29 is 0 Å². The molecule has 0 saturated heterocycles. The largest absolute Gasteiger partial charge is 0.342 e. The van der Waals surface area contributed by atoms with Crippen molar-refractivity contribution in [2.75, 3.05) is 0 Å². The predicted molar refractivity (Wildman–Crippen MR) is 46.4 cm³/mol. The van der Waals surface area contributed by atoms with Gasteiger partial charge in [-0.25, -0.2) is 9.97 Å². The van der Waals surface area contributed by atoms with Crippen LogP contribution in [-0.2, 0) is 0 Å². The Morgan fingerprint density at radius 2 is 2.42 bits per heavy atom. The average molecular weight is 177 g/mol. The van der Waals surface area contributed by atoms with Gasteiger partial charge in [0.2, 0.25) is 0 Å². The second-order valence-corrected chi connectivity index (χ2v) is 2.20. The van der Waals surface area contributed by atoms with Crippen LogP contribution in [0.15, 0.2) is 17.5 Å². The summed E-state index contributed by atoms with van der Waals surface area (Å²) in [7, 11) is 0. The Hall–Kier alpha value is -1.65. The summed E-state index contributed by atoms with van der Waals surface area (Å²) in [4.78, 5) is 18.3. The highest BCUT2D eigenvalue weighted by Gasteiger charge is 1.98. The predicted octanol–water partition coefficient (Wildman–Crippen LogP) is 1.09. The Morgan fingerprint density at radius 3 is 3.25 bits per heavy atom. The van der Waals surface area contributed by atoms with Crippen LogP contribution in [0.1, 0.15) is 0 Å². The van der Waals surface area contributed by atoms with Crippen molar-refractivity contribution in [2.45, 2.75) is 0 Å². The molecule has 0 saturated carbocycles. The number of aromatic amines is 1. The fourth-order valence-corrected chi connectivity index (χ4v) is 0.903. The minimum Gasteiger partial charge on any atom is -0.342 e. The van der Waals surface area contributed by atoms with Crippen LogP contribution in [0, 0.1) is 0 Å². The van der Waals surface area contributed by atoms with E-state index in [1.807, 2.05) is 0 Å². The number of nitrogens with one attached hydrogen (secondary N) is 1. The summed E-state index contributed by atoms with van der Waals surface area (Å²) in [6.07, 6.45) is 3.14. The van der Waals surface area contributed by atoms with Gasteiger partial charge in [0.05, 0.1) is 17.7 Å². The summed E-state index contributed by atoms with van der Waals surface area (Å²) in [5, 5.41) is 2.19. The van der Waals surface area contributed by atoms with E-state index < -0.39 is 0 Å². The SMILES string of the molecule is S=C=Nc1ncc2[nH]cnc2n1. The molecule has 0 amide bonds. The minimum absolute atomic E-state index is 0.282. The number of nitrogens with zero attached hydrogens (tertiary/aromatic N) is 4. The van der Waals surface area contributed by atoms with E-state index in [0.717, 1.165) is 5.52 Å². The lowest BCUT2D eigenvalue weighted by atomic mass is 10.6. The number of thiocarbonyl (C=S) groups is 1. The molecule has 0 spiro atoms. The summed E-state index contributed by atoms with van der Waals surface area (Å²) < 4.78 is 0. The van der Waals surface area contributed by atoms with Crippen molar-refractivity contribution in [3.05, 3.63) is 12.5 Å². The number of isothiocyanates is 1. The Morgan fingerprint density at radius 1 is 1.50 bits per heavy atom. The zero-order chi connectivity index (χ0) is 8.39. The fraction of sp³-hybridized carbons (Fsp3) is 0. The Labute approximate surface area is 72.6 Å². The first-order chi connectivity index (χ1) is 5.90. The summed E-state index contributed by atoms with van der Waals surface area (Å²) >= 11 is 4.41. The summed E-state index contributed by atoms with van der Waals surface area (Å²) in [5.74, 6) is 0.282. The van der Waals surface area contributed by atoms with Gasteiger partial charge in [0.1, 0.15) is 5.52 Å². The van der Waals surface area contributed by atoms with E-state index in [-0.39, 0.29) is 5.95 Å². The summed E-state index contributed by atoms with van der Waals surface area (Å²) in [6.45, 7) is 0. The van der Waals surface area contributed by atoms with Gasteiger partial charge in [-0.3, -0.25) is 0 Å². The monoisotopic (exact) mass is 177 g/mol. The van der Waals surface area contributed by atoms with Gasteiger partial charge in [0.25, 0.3) is 5.95 Å². The zero-order valence-electron chi connectivity index (χ0n) is 5.85. The molecule has 2 aromatic heterocycles. The van der Waals surface area contributed by atoms with E-state index in [2.05, 4.69) is 42.3 Å². The number of rotatable bonds is 1. The normalized spacial score (nSPS) is 9.67. The number of H-pyrrole nitrogens is 1. The topological polar surface area (TPSA) is 66.8 Å². The third-order valence-corrected chi connectivity index (χ3v) is 1.40. The zero-order valence-corrected chi connectivity index (χ0v) is 6.67. The lowest BCUT2D eigenvalue weighted by Crippen LogP contribution is -1.81. The molecule has 1 N–H and O–H groups in total. The van der Waals surface area contributed by atoms with Crippen molar-refractivity contribution in [1.82, 2.24) is 19.9 Å². The molecule has 58 valence electrons. The molecule has 6 heteroatoms. The van der Waals surface area contributed by atoms with Crippen LogP contribution in [0.3, 0.4) is 0 Å². The third-order valence-electron chi connectivity index (χ3n) is 1.31. The molecule has 2 heterocycles. The summed E-state index contributed by atoms with van der Waals surface area (Å²) in [5.41, 5.74) is 1.35. The van der Waals surface area contributed by atoms with Gasteiger partial charge in [-0.05, 0) is 12.2 Å².